The monoisotopic (exact) mass is 306 g/mol. The van der Waals surface area contributed by atoms with Crippen molar-refractivity contribution in [3.05, 3.63) is 72.3 Å². The van der Waals surface area contributed by atoms with E-state index in [1.54, 1.807) is 12.1 Å². The number of sulfone groups is 1. The lowest BCUT2D eigenvalue weighted by Gasteiger charge is -2.05. The van der Waals surface area contributed by atoms with E-state index in [1.807, 2.05) is 61.5 Å². The molecule has 0 unspecified atom stereocenters. The fourth-order valence-electron chi connectivity index (χ4n) is 2.97. The number of aryl methyl sites for hydroxylation is 1. The van der Waals surface area contributed by atoms with E-state index in [4.69, 9.17) is 0 Å². The lowest BCUT2D eigenvalue weighted by Crippen LogP contribution is -1.97. The zero-order chi connectivity index (χ0) is 15.3. The van der Waals surface area contributed by atoms with Crippen LogP contribution in [0.5, 0.6) is 0 Å². The summed E-state index contributed by atoms with van der Waals surface area (Å²) >= 11 is 0. The molecule has 0 aliphatic carbocycles. The quantitative estimate of drug-likeness (QED) is 0.520. The molecule has 0 spiro atoms. The van der Waals surface area contributed by atoms with Crippen LogP contribution in [0.1, 0.15) is 5.56 Å². The van der Waals surface area contributed by atoms with Crippen molar-refractivity contribution in [3.63, 3.8) is 0 Å². The van der Waals surface area contributed by atoms with Crippen molar-refractivity contribution in [1.82, 2.24) is 0 Å². The standard InChI is InChI=1S/C19H14O2S/c1-13-7-9-16-17-10-8-15(14-5-3-2-4-6-14)12-19(17)22(20,21)18(16)11-13/h2-12H,1H3. The Morgan fingerprint density at radius 1 is 0.682 bits per heavy atom. The van der Waals surface area contributed by atoms with E-state index in [-0.39, 0.29) is 0 Å². The molecule has 3 aromatic rings. The molecule has 1 aliphatic rings. The van der Waals surface area contributed by atoms with Crippen molar-refractivity contribution in [3.8, 4) is 22.3 Å². The van der Waals surface area contributed by atoms with Gasteiger partial charge in [-0.05, 0) is 35.7 Å². The molecular weight excluding hydrogens is 292 g/mol. The van der Waals surface area contributed by atoms with Crippen LogP contribution in [0, 0.1) is 6.92 Å². The molecule has 1 aliphatic heterocycles. The Kier molecular flexibility index (Phi) is 2.75. The van der Waals surface area contributed by atoms with Crippen LogP contribution < -0.4 is 0 Å². The fourth-order valence-corrected chi connectivity index (χ4v) is 4.77. The van der Waals surface area contributed by atoms with Gasteiger partial charge >= 0.3 is 0 Å². The molecule has 0 bridgehead atoms. The van der Waals surface area contributed by atoms with Gasteiger partial charge in [0.2, 0.25) is 9.84 Å². The van der Waals surface area contributed by atoms with Gasteiger partial charge in [0, 0.05) is 11.1 Å². The summed E-state index contributed by atoms with van der Waals surface area (Å²) in [6.45, 7) is 1.91. The molecule has 0 fully saturated rings. The largest absolute Gasteiger partial charge is 0.218 e. The van der Waals surface area contributed by atoms with Gasteiger partial charge in [-0.2, -0.15) is 0 Å². The molecular formula is C19H14O2S. The lowest BCUT2D eigenvalue weighted by molar-refractivity contribution is 0.598. The summed E-state index contributed by atoms with van der Waals surface area (Å²) in [5, 5.41) is 0. The third-order valence-electron chi connectivity index (χ3n) is 4.10. The Morgan fingerprint density at radius 2 is 1.32 bits per heavy atom. The molecule has 0 atom stereocenters. The fraction of sp³-hybridized carbons (Fsp3) is 0.0526. The van der Waals surface area contributed by atoms with Gasteiger partial charge in [-0.25, -0.2) is 8.42 Å². The zero-order valence-electron chi connectivity index (χ0n) is 12.1. The average Bonchev–Trinajstić information content (AvgIpc) is 2.76. The minimum Gasteiger partial charge on any atom is -0.218 e. The third kappa shape index (κ3) is 1.82. The van der Waals surface area contributed by atoms with Crippen molar-refractivity contribution in [2.75, 3.05) is 0 Å². The number of benzene rings is 3. The van der Waals surface area contributed by atoms with Crippen molar-refractivity contribution in [1.29, 1.82) is 0 Å². The van der Waals surface area contributed by atoms with Gasteiger partial charge in [-0.3, -0.25) is 0 Å². The first-order valence-corrected chi connectivity index (χ1v) is 8.61. The van der Waals surface area contributed by atoms with Crippen LogP contribution in [-0.4, -0.2) is 8.42 Å². The average molecular weight is 306 g/mol. The zero-order valence-corrected chi connectivity index (χ0v) is 12.9. The predicted molar refractivity (Wildman–Crippen MR) is 87.5 cm³/mol. The van der Waals surface area contributed by atoms with Crippen LogP contribution in [0.2, 0.25) is 0 Å². The predicted octanol–water partition coefficient (Wildman–Crippen LogP) is 4.48. The number of hydrogen-bond donors (Lipinski definition) is 0. The molecule has 0 N–H and O–H groups in total. The molecule has 3 aromatic carbocycles. The van der Waals surface area contributed by atoms with Crippen molar-refractivity contribution < 1.29 is 8.42 Å². The Balaban J connectivity index is 1.98. The molecule has 0 radical (unpaired) electrons. The second kappa shape index (κ2) is 4.55. The summed E-state index contributed by atoms with van der Waals surface area (Å²) in [7, 11) is -3.42. The molecule has 108 valence electrons. The summed E-state index contributed by atoms with van der Waals surface area (Å²) in [5.74, 6) is 0. The first-order valence-electron chi connectivity index (χ1n) is 7.13. The van der Waals surface area contributed by atoms with Crippen LogP contribution in [0.4, 0.5) is 0 Å². The Bertz CT molecular complexity index is 987. The van der Waals surface area contributed by atoms with Crippen LogP contribution in [0.15, 0.2) is 76.5 Å². The molecule has 22 heavy (non-hydrogen) atoms. The summed E-state index contributed by atoms with van der Waals surface area (Å²) in [6.07, 6.45) is 0. The third-order valence-corrected chi connectivity index (χ3v) is 5.93. The Morgan fingerprint density at radius 3 is 2.05 bits per heavy atom. The molecule has 4 rings (SSSR count). The normalized spacial score (nSPS) is 14.4. The topological polar surface area (TPSA) is 34.1 Å². The van der Waals surface area contributed by atoms with Crippen LogP contribution in [-0.2, 0) is 9.84 Å². The number of fused-ring (bicyclic) bond motifs is 3. The highest BCUT2D eigenvalue weighted by molar-refractivity contribution is 7.92. The van der Waals surface area contributed by atoms with Gasteiger partial charge in [0.15, 0.2) is 0 Å². The molecule has 0 amide bonds. The molecule has 0 saturated heterocycles. The van der Waals surface area contributed by atoms with E-state index >= 15 is 0 Å². The highest BCUT2D eigenvalue weighted by Gasteiger charge is 2.33. The summed E-state index contributed by atoms with van der Waals surface area (Å²) in [5.41, 5.74) is 4.51. The van der Waals surface area contributed by atoms with Crippen LogP contribution >= 0.6 is 0 Å². The lowest BCUT2D eigenvalue weighted by atomic mass is 10.00. The maximum atomic E-state index is 12.8. The van der Waals surface area contributed by atoms with E-state index < -0.39 is 9.84 Å². The molecule has 0 saturated carbocycles. The second-order valence-corrected chi connectivity index (χ2v) is 7.47. The molecule has 1 heterocycles. The van der Waals surface area contributed by atoms with E-state index in [2.05, 4.69) is 0 Å². The maximum absolute atomic E-state index is 12.8. The van der Waals surface area contributed by atoms with Gasteiger partial charge in [0.1, 0.15) is 0 Å². The first-order chi connectivity index (χ1) is 10.6. The van der Waals surface area contributed by atoms with E-state index in [0.29, 0.717) is 9.79 Å². The Hall–Kier alpha value is -2.39. The highest BCUT2D eigenvalue weighted by atomic mass is 32.2. The summed E-state index contributed by atoms with van der Waals surface area (Å²) in [6, 6.07) is 21.1. The molecule has 0 aromatic heterocycles. The van der Waals surface area contributed by atoms with Gasteiger partial charge in [0.25, 0.3) is 0 Å². The highest BCUT2D eigenvalue weighted by Crippen LogP contribution is 2.44. The van der Waals surface area contributed by atoms with Crippen molar-refractivity contribution >= 4 is 9.84 Å². The van der Waals surface area contributed by atoms with E-state index in [0.717, 1.165) is 27.8 Å². The van der Waals surface area contributed by atoms with Gasteiger partial charge < -0.3 is 0 Å². The minimum absolute atomic E-state index is 0.412. The number of hydrogen-bond acceptors (Lipinski definition) is 2. The van der Waals surface area contributed by atoms with E-state index in [1.165, 1.54) is 0 Å². The minimum atomic E-state index is -3.42. The number of rotatable bonds is 1. The van der Waals surface area contributed by atoms with Crippen molar-refractivity contribution in [2.24, 2.45) is 0 Å². The summed E-state index contributed by atoms with van der Waals surface area (Å²) < 4.78 is 25.6. The van der Waals surface area contributed by atoms with Crippen LogP contribution in [0.3, 0.4) is 0 Å². The SMILES string of the molecule is Cc1ccc2c(c1)S(=O)(=O)c1cc(-c3ccccc3)ccc1-2. The smallest absolute Gasteiger partial charge is 0.207 e. The van der Waals surface area contributed by atoms with Gasteiger partial charge in [-0.1, -0.05) is 54.6 Å². The first kappa shape index (κ1) is 13.3. The Labute approximate surface area is 130 Å². The van der Waals surface area contributed by atoms with Crippen molar-refractivity contribution in [2.45, 2.75) is 16.7 Å². The van der Waals surface area contributed by atoms with Crippen LogP contribution in [0.25, 0.3) is 22.3 Å². The molecule has 3 heteroatoms. The van der Waals surface area contributed by atoms with Gasteiger partial charge in [-0.15, -0.1) is 0 Å². The maximum Gasteiger partial charge on any atom is 0.207 e. The second-order valence-electron chi connectivity index (χ2n) is 5.58. The van der Waals surface area contributed by atoms with E-state index in [9.17, 15) is 8.42 Å². The summed E-state index contributed by atoms with van der Waals surface area (Å²) in [4.78, 5) is 0.835. The molecule has 2 nitrogen and oxygen atoms in total. The van der Waals surface area contributed by atoms with Gasteiger partial charge in [0.05, 0.1) is 9.79 Å².